The number of nitrogens with zero attached hydrogens (tertiary/aromatic N) is 4. The molecule has 0 amide bonds. The Morgan fingerprint density at radius 3 is 2.73 bits per heavy atom. The van der Waals surface area contributed by atoms with E-state index in [9.17, 15) is 0 Å². The zero-order chi connectivity index (χ0) is 15.1. The molecule has 0 saturated carbocycles. The third-order valence-corrected chi connectivity index (χ3v) is 4.52. The van der Waals surface area contributed by atoms with Crippen molar-refractivity contribution in [2.24, 2.45) is 0 Å². The Hall–Kier alpha value is -1.34. The highest BCUT2D eigenvalue weighted by atomic mass is 35.5. The molecule has 22 heavy (non-hydrogen) atoms. The van der Waals surface area contributed by atoms with Gasteiger partial charge in [-0.15, -0.1) is 11.6 Å². The van der Waals surface area contributed by atoms with Gasteiger partial charge < -0.3 is 5.32 Å². The van der Waals surface area contributed by atoms with Gasteiger partial charge in [0.15, 0.2) is 0 Å². The molecule has 2 aromatic heterocycles. The molecule has 1 aliphatic carbocycles. The first-order chi connectivity index (χ1) is 10.7. The summed E-state index contributed by atoms with van der Waals surface area (Å²) in [6, 6.07) is 0.152. The van der Waals surface area contributed by atoms with Crippen molar-refractivity contribution < 1.29 is 0 Å². The summed E-state index contributed by atoms with van der Waals surface area (Å²) in [4.78, 5) is 16.3. The smallest absolute Gasteiger partial charge is 0.222 e. The molecular formula is C14H14Cl2N6. The summed E-state index contributed by atoms with van der Waals surface area (Å²) < 4.78 is 0. The van der Waals surface area contributed by atoms with Crippen molar-refractivity contribution in [2.75, 3.05) is 6.54 Å². The van der Waals surface area contributed by atoms with Crippen molar-refractivity contribution in [1.82, 2.24) is 30.6 Å². The van der Waals surface area contributed by atoms with Crippen LogP contribution in [0.25, 0.3) is 0 Å². The maximum Gasteiger partial charge on any atom is 0.222 e. The summed E-state index contributed by atoms with van der Waals surface area (Å²) in [7, 11) is 0. The normalized spacial score (nSPS) is 21.3. The summed E-state index contributed by atoms with van der Waals surface area (Å²) in [6.45, 7) is 1.96. The van der Waals surface area contributed by atoms with E-state index in [0.717, 1.165) is 43.0 Å². The lowest BCUT2D eigenvalue weighted by Crippen LogP contribution is -2.45. The van der Waals surface area contributed by atoms with Crippen LogP contribution in [0.1, 0.15) is 34.3 Å². The number of rotatable bonds is 0. The predicted octanol–water partition coefficient (Wildman–Crippen LogP) is 1.37. The van der Waals surface area contributed by atoms with Crippen LogP contribution in [0.3, 0.4) is 0 Å². The van der Waals surface area contributed by atoms with E-state index in [4.69, 9.17) is 23.2 Å². The Balaban J connectivity index is 0.000000116. The Morgan fingerprint density at radius 1 is 1.23 bits per heavy atom. The molecule has 0 aromatic carbocycles. The van der Waals surface area contributed by atoms with Crippen LogP contribution in [0.2, 0.25) is 5.28 Å². The van der Waals surface area contributed by atoms with Gasteiger partial charge in [-0.3, -0.25) is 5.32 Å². The molecule has 0 fully saturated rings. The van der Waals surface area contributed by atoms with Crippen LogP contribution < -0.4 is 10.6 Å². The zero-order valence-electron chi connectivity index (χ0n) is 11.7. The van der Waals surface area contributed by atoms with Gasteiger partial charge in [-0.25, -0.2) is 19.9 Å². The molecule has 6 rings (SSSR count). The minimum absolute atomic E-state index is 0.0276. The summed E-state index contributed by atoms with van der Waals surface area (Å²) in [5, 5.41) is 6.77. The van der Waals surface area contributed by atoms with Crippen molar-refractivity contribution in [3.8, 4) is 0 Å². The van der Waals surface area contributed by atoms with Gasteiger partial charge in [0.1, 0.15) is 6.33 Å². The molecule has 4 aliphatic rings. The van der Waals surface area contributed by atoms with Crippen LogP contribution in [0.5, 0.6) is 0 Å². The molecule has 8 heteroatoms. The molecule has 0 spiro atoms. The minimum Gasteiger partial charge on any atom is -0.311 e. The molecule has 3 aliphatic heterocycles. The quantitative estimate of drug-likeness (QED) is 0.430. The van der Waals surface area contributed by atoms with Gasteiger partial charge in [0, 0.05) is 24.7 Å². The van der Waals surface area contributed by atoms with E-state index in [2.05, 4.69) is 30.6 Å². The molecule has 1 unspecified atom stereocenters. The van der Waals surface area contributed by atoms with Crippen molar-refractivity contribution in [1.29, 1.82) is 0 Å². The highest BCUT2D eigenvalue weighted by molar-refractivity contribution is 6.28. The molecule has 0 radical (unpaired) electrons. The molecule has 1 atom stereocenters. The van der Waals surface area contributed by atoms with E-state index < -0.39 is 0 Å². The van der Waals surface area contributed by atoms with E-state index in [-0.39, 0.29) is 11.5 Å². The topological polar surface area (TPSA) is 75.6 Å². The lowest BCUT2D eigenvalue weighted by atomic mass is 9.83. The first-order valence-corrected chi connectivity index (χ1v) is 7.98. The monoisotopic (exact) mass is 336 g/mol. The fourth-order valence-corrected chi connectivity index (χ4v) is 3.45. The van der Waals surface area contributed by atoms with Gasteiger partial charge in [0.25, 0.3) is 0 Å². The van der Waals surface area contributed by atoms with Crippen LogP contribution >= 0.6 is 23.2 Å². The summed E-state index contributed by atoms with van der Waals surface area (Å²) >= 11 is 11.6. The second-order valence-corrected chi connectivity index (χ2v) is 6.30. The summed E-state index contributed by atoms with van der Waals surface area (Å²) in [6.07, 6.45) is 5.38. The molecule has 2 aromatic rings. The maximum absolute atomic E-state index is 5.91. The number of fused-ring (bicyclic) bond motifs is 3. The Morgan fingerprint density at radius 2 is 2.05 bits per heavy atom. The molecule has 2 N–H and O–H groups in total. The van der Waals surface area contributed by atoms with Crippen LogP contribution in [-0.2, 0) is 19.4 Å². The second-order valence-electron chi connectivity index (χ2n) is 5.43. The van der Waals surface area contributed by atoms with Gasteiger partial charge in [-0.05, 0) is 30.1 Å². The van der Waals surface area contributed by atoms with Crippen molar-refractivity contribution >= 4 is 23.2 Å². The highest BCUT2D eigenvalue weighted by Gasteiger charge is 2.41. The molecule has 5 heterocycles. The SMILES string of the molecule is Clc1nc2c3c(n1)C2NC(Cl)C3.c1ncc2c(n1)CNCC2. The fraction of sp³-hybridized carbons (Fsp3) is 0.429. The first kappa shape index (κ1) is 14.3. The third kappa shape index (κ3) is 2.46. The van der Waals surface area contributed by atoms with Gasteiger partial charge in [0.05, 0.1) is 28.6 Å². The lowest BCUT2D eigenvalue weighted by molar-refractivity contribution is 0.444. The standard InChI is InChI=1S/C7H5Cl2N3.C7H9N3/c8-3-1-2-4-6(10-3)5(2)12-7(9)11-4;1-2-8-4-7-6(1)3-9-5-10-7/h3,6,10H,1H2;3,5,8H,1-2,4H2. The van der Waals surface area contributed by atoms with Crippen molar-refractivity contribution in [3.05, 3.63) is 46.0 Å². The van der Waals surface area contributed by atoms with Crippen molar-refractivity contribution in [3.63, 3.8) is 0 Å². The molecule has 6 nitrogen and oxygen atoms in total. The summed E-state index contributed by atoms with van der Waals surface area (Å²) in [5.74, 6) is 0. The number of nitrogens with one attached hydrogen (secondary N) is 2. The predicted molar refractivity (Wildman–Crippen MR) is 82.8 cm³/mol. The molecule has 114 valence electrons. The van der Waals surface area contributed by atoms with Crippen LogP contribution in [-0.4, -0.2) is 32.0 Å². The number of alkyl halides is 1. The van der Waals surface area contributed by atoms with E-state index in [1.165, 1.54) is 11.1 Å². The minimum atomic E-state index is 0.0276. The van der Waals surface area contributed by atoms with Gasteiger partial charge in [-0.2, -0.15) is 0 Å². The largest absolute Gasteiger partial charge is 0.311 e. The Kier molecular flexibility index (Phi) is 3.69. The van der Waals surface area contributed by atoms with Crippen LogP contribution in [0, 0.1) is 0 Å². The summed E-state index contributed by atoms with van der Waals surface area (Å²) in [5.41, 5.74) is 5.72. The Labute approximate surface area is 137 Å². The molecule has 4 bridgehead atoms. The van der Waals surface area contributed by atoms with Crippen LogP contribution in [0.15, 0.2) is 12.5 Å². The van der Waals surface area contributed by atoms with E-state index in [1.54, 1.807) is 6.33 Å². The van der Waals surface area contributed by atoms with Gasteiger partial charge in [-0.1, -0.05) is 0 Å². The van der Waals surface area contributed by atoms with E-state index >= 15 is 0 Å². The van der Waals surface area contributed by atoms with Gasteiger partial charge >= 0.3 is 0 Å². The number of aromatic nitrogens is 4. The third-order valence-electron chi connectivity index (χ3n) is 4.07. The van der Waals surface area contributed by atoms with Gasteiger partial charge in [0.2, 0.25) is 5.28 Å². The fourth-order valence-electron chi connectivity index (χ4n) is 2.99. The average molecular weight is 337 g/mol. The Bertz CT molecular complexity index is 672. The number of hydrogen-bond acceptors (Lipinski definition) is 6. The average Bonchev–Trinajstić information content (AvgIpc) is 2.56. The van der Waals surface area contributed by atoms with Crippen molar-refractivity contribution in [2.45, 2.75) is 30.9 Å². The number of halogens is 2. The van der Waals surface area contributed by atoms with E-state index in [0.29, 0.717) is 5.28 Å². The lowest BCUT2D eigenvalue weighted by Gasteiger charge is -2.39. The van der Waals surface area contributed by atoms with E-state index in [1.807, 2.05) is 6.20 Å². The molecule has 0 saturated heterocycles. The second kappa shape index (κ2) is 5.70. The maximum atomic E-state index is 5.91. The highest BCUT2D eigenvalue weighted by Crippen LogP contribution is 2.42. The number of hydrogen-bond donors (Lipinski definition) is 2. The zero-order valence-corrected chi connectivity index (χ0v) is 13.2. The van der Waals surface area contributed by atoms with Crippen LogP contribution in [0.4, 0.5) is 0 Å². The first-order valence-electron chi connectivity index (χ1n) is 7.17. The molecular weight excluding hydrogens is 323 g/mol.